The Bertz CT molecular complexity index is 295. The van der Waals surface area contributed by atoms with Crippen LogP contribution in [0.4, 0.5) is 0 Å². The van der Waals surface area contributed by atoms with Gasteiger partial charge < -0.3 is 19.0 Å². The van der Waals surface area contributed by atoms with Gasteiger partial charge >= 0.3 is 0 Å². The van der Waals surface area contributed by atoms with E-state index in [4.69, 9.17) is 14.2 Å². The average Bonchev–Trinajstić information content (AvgIpc) is 3.08. The first kappa shape index (κ1) is 21.6. The second kappa shape index (κ2) is 14.9. The number of ether oxygens (including phenoxy) is 3. The van der Waals surface area contributed by atoms with E-state index in [1.54, 1.807) is 7.11 Å². The minimum absolute atomic E-state index is 0.0499. The van der Waals surface area contributed by atoms with Crippen molar-refractivity contribution in [3.05, 3.63) is 0 Å². The first-order chi connectivity index (χ1) is 11.8. The number of rotatable bonds is 16. The molecule has 0 aliphatic carbocycles. The lowest BCUT2D eigenvalue weighted by Crippen LogP contribution is -2.30. The maximum absolute atomic E-state index is 10.8. The molecule has 0 aromatic rings. The molecule has 1 aliphatic heterocycles. The quantitative estimate of drug-likeness (QED) is 0.224. The minimum atomic E-state index is -0.239. The highest BCUT2D eigenvalue weighted by molar-refractivity contribution is 5.56. The number of carbonyl (C=O) groups excluding carboxylic acids is 1. The van der Waals surface area contributed by atoms with Crippen molar-refractivity contribution < 1.29 is 19.0 Å². The molecule has 1 saturated heterocycles. The van der Waals surface area contributed by atoms with E-state index in [1.165, 1.54) is 57.8 Å². The van der Waals surface area contributed by atoms with Crippen LogP contribution in [0.2, 0.25) is 0 Å². The number of hydrogen-bond donors (Lipinski definition) is 0. The zero-order valence-electron chi connectivity index (χ0n) is 15.8. The van der Waals surface area contributed by atoms with Crippen LogP contribution in [0.5, 0.6) is 0 Å². The van der Waals surface area contributed by atoms with Gasteiger partial charge in [0.15, 0.2) is 0 Å². The van der Waals surface area contributed by atoms with Crippen molar-refractivity contribution >= 4 is 6.29 Å². The zero-order chi connectivity index (χ0) is 17.5. The molecule has 1 heterocycles. The molecule has 0 aromatic heterocycles. The fourth-order valence-corrected chi connectivity index (χ4v) is 3.43. The first-order valence-electron chi connectivity index (χ1n) is 10.0. The third-order valence-corrected chi connectivity index (χ3v) is 4.89. The summed E-state index contributed by atoms with van der Waals surface area (Å²) < 4.78 is 16.6. The fourth-order valence-electron chi connectivity index (χ4n) is 3.43. The van der Waals surface area contributed by atoms with Crippen LogP contribution < -0.4 is 0 Å². The van der Waals surface area contributed by atoms with Gasteiger partial charge in [0.2, 0.25) is 0 Å². The molecule has 1 aliphatic rings. The van der Waals surface area contributed by atoms with E-state index < -0.39 is 0 Å². The SMILES string of the molecule is CCCCCCCCCCCC[C@@H](OCOC)[C@H]1CC[C@H](C=O)O1. The molecule has 1 rings (SSSR count). The molecule has 4 heteroatoms. The van der Waals surface area contributed by atoms with Crippen molar-refractivity contribution in [1.82, 2.24) is 0 Å². The predicted octanol–water partition coefficient (Wildman–Crippen LogP) is 5.03. The van der Waals surface area contributed by atoms with Gasteiger partial charge in [0, 0.05) is 7.11 Å². The van der Waals surface area contributed by atoms with Crippen molar-refractivity contribution in [2.75, 3.05) is 13.9 Å². The molecular formula is C20H38O4. The summed E-state index contributed by atoms with van der Waals surface area (Å²) in [4.78, 5) is 10.8. The summed E-state index contributed by atoms with van der Waals surface area (Å²) in [6.07, 6.45) is 16.9. The van der Waals surface area contributed by atoms with Crippen molar-refractivity contribution in [3.8, 4) is 0 Å². The smallest absolute Gasteiger partial charge is 0.148 e. The monoisotopic (exact) mass is 342 g/mol. The molecule has 142 valence electrons. The number of carbonyl (C=O) groups is 1. The van der Waals surface area contributed by atoms with Gasteiger partial charge in [-0.15, -0.1) is 0 Å². The van der Waals surface area contributed by atoms with Gasteiger partial charge in [-0.2, -0.15) is 0 Å². The van der Waals surface area contributed by atoms with Crippen LogP contribution in [0.3, 0.4) is 0 Å². The molecule has 3 atom stereocenters. The van der Waals surface area contributed by atoms with Crippen LogP contribution >= 0.6 is 0 Å². The molecule has 24 heavy (non-hydrogen) atoms. The minimum Gasteiger partial charge on any atom is -0.365 e. The standard InChI is InChI=1S/C20H38O4/c1-3-4-5-6-7-8-9-10-11-12-13-19(23-17-22-2)20-15-14-18(16-21)24-20/h16,18-20H,3-15,17H2,1-2H3/t18-,19-,20-/m1/s1. The topological polar surface area (TPSA) is 44.8 Å². The second-order valence-corrected chi connectivity index (χ2v) is 7.01. The lowest BCUT2D eigenvalue weighted by molar-refractivity contribution is -0.136. The Morgan fingerprint density at radius 3 is 2.17 bits per heavy atom. The largest absolute Gasteiger partial charge is 0.365 e. The Kier molecular flexibility index (Phi) is 13.4. The normalized spacial score (nSPS) is 21.9. The Morgan fingerprint density at radius 2 is 1.62 bits per heavy atom. The van der Waals surface area contributed by atoms with Gasteiger partial charge in [0.25, 0.3) is 0 Å². The molecule has 0 unspecified atom stereocenters. The average molecular weight is 343 g/mol. The van der Waals surface area contributed by atoms with Gasteiger partial charge in [0.05, 0.1) is 12.2 Å². The molecule has 0 spiro atoms. The van der Waals surface area contributed by atoms with Crippen molar-refractivity contribution in [2.24, 2.45) is 0 Å². The van der Waals surface area contributed by atoms with Gasteiger partial charge in [-0.1, -0.05) is 71.1 Å². The lowest BCUT2D eigenvalue weighted by atomic mass is 10.0. The lowest BCUT2D eigenvalue weighted by Gasteiger charge is -2.23. The second-order valence-electron chi connectivity index (χ2n) is 7.01. The Labute approximate surface area is 148 Å². The van der Waals surface area contributed by atoms with E-state index in [2.05, 4.69) is 6.92 Å². The van der Waals surface area contributed by atoms with E-state index >= 15 is 0 Å². The summed E-state index contributed by atoms with van der Waals surface area (Å²) in [6.45, 7) is 2.56. The van der Waals surface area contributed by atoms with E-state index in [0.29, 0.717) is 6.79 Å². The maximum Gasteiger partial charge on any atom is 0.148 e. The number of aldehydes is 1. The Hall–Kier alpha value is -0.450. The molecule has 0 N–H and O–H groups in total. The van der Waals surface area contributed by atoms with Crippen LogP contribution in [0.25, 0.3) is 0 Å². The summed E-state index contributed by atoms with van der Waals surface area (Å²) >= 11 is 0. The van der Waals surface area contributed by atoms with Gasteiger partial charge in [0.1, 0.15) is 19.2 Å². The predicted molar refractivity (Wildman–Crippen MR) is 97.2 cm³/mol. The highest BCUT2D eigenvalue weighted by atomic mass is 16.7. The van der Waals surface area contributed by atoms with E-state index in [1.807, 2.05) is 0 Å². The fraction of sp³-hybridized carbons (Fsp3) is 0.950. The molecular weight excluding hydrogens is 304 g/mol. The van der Waals surface area contributed by atoms with Gasteiger partial charge in [-0.05, 0) is 19.3 Å². The zero-order valence-corrected chi connectivity index (χ0v) is 15.8. The molecule has 0 amide bonds. The summed E-state index contributed by atoms with van der Waals surface area (Å²) in [7, 11) is 1.64. The van der Waals surface area contributed by atoms with Crippen LogP contribution in [-0.2, 0) is 19.0 Å². The van der Waals surface area contributed by atoms with Crippen LogP contribution in [0.1, 0.15) is 90.4 Å². The highest BCUT2D eigenvalue weighted by Gasteiger charge is 2.31. The van der Waals surface area contributed by atoms with Crippen LogP contribution in [0.15, 0.2) is 0 Å². The number of methoxy groups -OCH3 is 1. The summed E-state index contributed by atoms with van der Waals surface area (Å²) in [5, 5.41) is 0. The number of hydrogen-bond acceptors (Lipinski definition) is 4. The Balaban J connectivity index is 2.06. The molecule has 0 radical (unpaired) electrons. The van der Waals surface area contributed by atoms with Gasteiger partial charge in [-0.3, -0.25) is 0 Å². The molecule has 4 nitrogen and oxygen atoms in total. The summed E-state index contributed by atoms with van der Waals surface area (Å²) in [6, 6.07) is 0. The van der Waals surface area contributed by atoms with Crippen molar-refractivity contribution in [3.63, 3.8) is 0 Å². The molecule has 1 fully saturated rings. The maximum atomic E-state index is 10.8. The van der Waals surface area contributed by atoms with Crippen molar-refractivity contribution in [2.45, 2.75) is 109 Å². The highest BCUT2D eigenvalue weighted by Crippen LogP contribution is 2.26. The van der Waals surface area contributed by atoms with E-state index in [9.17, 15) is 4.79 Å². The third-order valence-electron chi connectivity index (χ3n) is 4.89. The molecule has 0 saturated carbocycles. The summed E-state index contributed by atoms with van der Waals surface area (Å²) in [5.74, 6) is 0. The molecule has 0 aromatic carbocycles. The van der Waals surface area contributed by atoms with Crippen molar-refractivity contribution in [1.29, 1.82) is 0 Å². The number of unbranched alkanes of at least 4 members (excludes halogenated alkanes) is 9. The summed E-state index contributed by atoms with van der Waals surface area (Å²) in [5.41, 5.74) is 0. The first-order valence-corrected chi connectivity index (χ1v) is 10.0. The van der Waals surface area contributed by atoms with Crippen LogP contribution in [-0.4, -0.2) is 38.5 Å². The Morgan fingerprint density at radius 1 is 1.00 bits per heavy atom. The van der Waals surface area contributed by atoms with Gasteiger partial charge in [-0.25, -0.2) is 0 Å². The van der Waals surface area contributed by atoms with E-state index in [0.717, 1.165) is 32.0 Å². The molecule has 0 bridgehead atoms. The third kappa shape index (κ3) is 9.75. The van der Waals surface area contributed by atoms with E-state index in [-0.39, 0.29) is 18.3 Å². The van der Waals surface area contributed by atoms with Crippen LogP contribution in [0, 0.1) is 0 Å².